The van der Waals surface area contributed by atoms with Gasteiger partial charge in [-0.15, -0.1) is 0 Å². The molecule has 0 spiro atoms. The average Bonchev–Trinajstić information content (AvgIpc) is 2.94. The fourth-order valence-corrected chi connectivity index (χ4v) is 4.21. The Morgan fingerprint density at radius 1 is 0.622 bits per heavy atom. The maximum absolute atomic E-state index is 14.2. The Morgan fingerprint density at radius 3 is 1.81 bits per heavy atom. The Labute approximate surface area is 222 Å². The lowest BCUT2D eigenvalue weighted by Crippen LogP contribution is -2.12. The Morgan fingerprint density at radius 2 is 1.16 bits per heavy atom. The highest BCUT2D eigenvalue weighted by Gasteiger charge is 2.08. The molecule has 3 rings (SSSR count). The topological polar surface area (TPSA) is 44.2 Å². The number of nitrogens with zero attached hydrogens (tertiary/aromatic N) is 2. The fraction of sp³-hybridized carbons (Fsp3) is 0.500. The van der Waals surface area contributed by atoms with Crippen molar-refractivity contribution in [1.82, 2.24) is 9.97 Å². The van der Waals surface area contributed by atoms with Crippen molar-refractivity contribution in [2.24, 2.45) is 0 Å². The zero-order valence-corrected chi connectivity index (χ0v) is 22.6. The number of unbranched alkanes of at least 4 members (excludes halogenated alkanes) is 8. The summed E-state index contributed by atoms with van der Waals surface area (Å²) in [6, 6.07) is 15.6. The van der Waals surface area contributed by atoms with E-state index in [1.54, 1.807) is 0 Å². The van der Waals surface area contributed by atoms with E-state index in [1.807, 2.05) is 60.9 Å². The van der Waals surface area contributed by atoms with E-state index in [-0.39, 0.29) is 6.61 Å². The number of halogens is 1. The number of rotatable bonds is 18. The van der Waals surface area contributed by atoms with Gasteiger partial charge in [0.15, 0.2) is 5.82 Å². The molecule has 0 radical (unpaired) electrons. The van der Waals surface area contributed by atoms with Crippen molar-refractivity contribution in [3.8, 4) is 34.0 Å². The molecule has 2 aromatic carbocycles. The highest BCUT2D eigenvalue weighted by atomic mass is 19.1. The van der Waals surface area contributed by atoms with Gasteiger partial charge in [0.05, 0.1) is 6.61 Å². The fourth-order valence-electron chi connectivity index (χ4n) is 4.21. The van der Waals surface area contributed by atoms with Gasteiger partial charge in [-0.05, 0) is 54.8 Å². The molecule has 0 N–H and O–H groups in total. The number of ether oxygens (including phenoxy) is 2. The molecule has 0 aliphatic carbocycles. The minimum absolute atomic E-state index is 0.106. The van der Waals surface area contributed by atoms with Crippen molar-refractivity contribution in [1.29, 1.82) is 0 Å². The van der Waals surface area contributed by atoms with Crippen molar-refractivity contribution in [3.63, 3.8) is 0 Å². The van der Waals surface area contributed by atoms with E-state index < -0.39 is 6.17 Å². The maximum Gasteiger partial charge on any atom is 0.159 e. The molecular weight excluding hydrogens is 463 g/mol. The van der Waals surface area contributed by atoms with Crippen LogP contribution in [0.25, 0.3) is 22.5 Å². The van der Waals surface area contributed by atoms with Crippen molar-refractivity contribution in [2.75, 3.05) is 13.2 Å². The first-order valence-electron chi connectivity index (χ1n) is 14.1. The van der Waals surface area contributed by atoms with E-state index in [9.17, 15) is 4.39 Å². The Hall–Kier alpha value is -2.95. The van der Waals surface area contributed by atoms with Crippen molar-refractivity contribution in [2.45, 2.75) is 90.6 Å². The van der Waals surface area contributed by atoms with Crippen LogP contribution in [0, 0.1) is 0 Å². The summed E-state index contributed by atoms with van der Waals surface area (Å²) in [5.41, 5.74) is 2.87. The second-order valence-electron chi connectivity index (χ2n) is 9.72. The molecule has 4 nitrogen and oxygen atoms in total. The minimum Gasteiger partial charge on any atom is -0.494 e. The molecule has 0 aliphatic heterocycles. The summed E-state index contributed by atoms with van der Waals surface area (Å²) in [5, 5.41) is 0. The number of benzene rings is 2. The lowest BCUT2D eigenvalue weighted by atomic mass is 10.1. The van der Waals surface area contributed by atoms with Crippen LogP contribution in [0.4, 0.5) is 4.39 Å². The van der Waals surface area contributed by atoms with Gasteiger partial charge in [0, 0.05) is 23.5 Å². The number of hydrogen-bond acceptors (Lipinski definition) is 4. The summed E-state index contributed by atoms with van der Waals surface area (Å²) in [5.74, 6) is 2.23. The smallest absolute Gasteiger partial charge is 0.159 e. The molecule has 0 fully saturated rings. The van der Waals surface area contributed by atoms with E-state index in [4.69, 9.17) is 9.47 Å². The van der Waals surface area contributed by atoms with Crippen LogP contribution < -0.4 is 9.47 Å². The van der Waals surface area contributed by atoms with Gasteiger partial charge in [-0.25, -0.2) is 14.4 Å². The first-order chi connectivity index (χ1) is 18.2. The normalized spacial score (nSPS) is 11.9. The molecule has 0 saturated heterocycles. The summed E-state index contributed by atoms with van der Waals surface area (Å²) in [6.45, 7) is 5.27. The highest BCUT2D eigenvalue weighted by Crippen LogP contribution is 2.24. The third-order valence-electron chi connectivity index (χ3n) is 6.52. The van der Waals surface area contributed by atoms with Crippen LogP contribution in [0.3, 0.4) is 0 Å². The lowest BCUT2D eigenvalue weighted by Gasteiger charge is -2.11. The van der Waals surface area contributed by atoms with Crippen LogP contribution >= 0.6 is 0 Å². The molecule has 1 aromatic heterocycles. The molecule has 3 aromatic rings. The Kier molecular flexibility index (Phi) is 12.9. The molecule has 5 heteroatoms. The van der Waals surface area contributed by atoms with Crippen molar-refractivity contribution in [3.05, 3.63) is 60.9 Å². The van der Waals surface area contributed by atoms with Crippen LogP contribution in [-0.4, -0.2) is 29.4 Å². The average molecular weight is 507 g/mol. The molecule has 1 heterocycles. The molecule has 1 atom stereocenters. The van der Waals surface area contributed by atoms with E-state index in [0.717, 1.165) is 48.3 Å². The molecule has 0 bridgehead atoms. The number of alkyl halides is 1. The Bertz CT molecular complexity index is 991. The number of aromatic nitrogens is 2. The van der Waals surface area contributed by atoms with Gasteiger partial charge in [-0.2, -0.15) is 0 Å². The van der Waals surface area contributed by atoms with Gasteiger partial charge < -0.3 is 9.47 Å². The van der Waals surface area contributed by atoms with E-state index in [0.29, 0.717) is 18.0 Å². The monoisotopic (exact) mass is 506 g/mol. The summed E-state index contributed by atoms with van der Waals surface area (Å²) < 4.78 is 25.6. The van der Waals surface area contributed by atoms with Crippen molar-refractivity contribution < 1.29 is 13.9 Å². The molecular formula is C32H43FN2O2. The zero-order chi connectivity index (χ0) is 26.1. The quantitative estimate of drug-likeness (QED) is 0.161. The van der Waals surface area contributed by atoms with Gasteiger partial charge in [0.1, 0.15) is 24.3 Å². The molecule has 1 unspecified atom stereocenters. The SMILES string of the molecule is CCCCCCCCC(F)COc1ccc(-c2cnc(-c3ccc(OCCCCCC)cc3)nc2)cc1. The predicted octanol–water partition coefficient (Wildman–Crippen LogP) is 9.24. The third-order valence-corrected chi connectivity index (χ3v) is 6.52. The molecule has 0 amide bonds. The largest absolute Gasteiger partial charge is 0.494 e. The zero-order valence-electron chi connectivity index (χ0n) is 22.6. The van der Waals surface area contributed by atoms with Crippen LogP contribution in [0.5, 0.6) is 11.5 Å². The van der Waals surface area contributed by atoms with Gasteiger partial charge >= 0.3 is 0 Å². The van der Waals surface area contributed by atoms with E-state index in [2.05, 4.69) is 23.8 Å². The third kappa shape index (κ3) is 10.5. The molecule has 0 saturated carbocycles. The summed E-state index contributed by atoms with van der Waals surface area (Å²) in [7, 11) is 0. The summed E-state index contributed by atoms with van der Waals surface area (Å²) in [4.78, 5) is 9.10. The summed E-state index contributed by atoms with van der Waals surface area (Å²) in [6.07, 6.45) is 15.1. The second-order valence-corrected chi connectivity index (χ2v) is 9.72. The first kappa shape index (κ1) is 28.6. The summed E-state index contributed by atoms with van der Waals surface area (Å²) >= 11 is 0. The highest BCUT2D eigenvalue weighted by molar-refractivity contribution is 5.64. The molecule has 200 valence electrons. The van der Waals surface area contributed by atoms with Gasteiger partial charge in [-0.3, -0.25) is 0 Å². The number of hydrogen-bond donors (Lipinski definition) is 0. The van der Waals surface area contributed by atoms with Crippen LogP contribution in [-0.2, 0) is 0 Å². The first-order valence-corrected chi connectivity index (χ1v) is 14.1. The molecule has 0 aliphatic rings. The van der Waals surface area contributed by atoms with Crippen LogP contribution in [0.15, 0.2) is 60.9 Å². The van der Waals surface area contributed by atoms with Crippen molar-refractivity contribution >= 4 is 0 Å². The minimum atomic E-state index is -0.918. The predicted molar refractivity (Wildman–Crippen MR) is 151 cm³/mol. The lowest BCUT2D eigenvalue weighted by molar-refractivity contribution is 0.184. The Balaban J connectivity index is 1.43. The van der Waals surface area contributed by atoms with Gasteiger partial charge in [-0.1, -0.05) is 83.8 Å². The maximum atomic E-state index is 14.2. The van der Waals surface area contributed by atoms with Crippen LogP contribution in [0.1, 0.15) is 84.5 Å². The van der Waals surface area contributed by atoms with Crippen LogP contribution in [0.2, 0.25) is 0 Å². The van der Waals surface area contributed by atoms with Gasteiger partial charge in [0.25, 0.3) is 0 Å². The second kappa shape index (κ2) is 16.7. The van der Waals surface area contributed by atoms with E-state index >= 15 is 0 Å². The standard InChI is InChI=1S/C32H43FN2O2/c1-3-5-7-9-10-11-13-29(33)25-37-31-18-14-26(15-19-31)28-23-34-32(35-24-28)27-16-20-30(21-17-27)36-22-12-8-6-4-2/h14-21,23-24,29H,3-13,22,25H2,1-2H3. The van der Waals surface area contributed by atoms with Gasteiger partial charge in [0.2, 0.25) is 0 Å². The molecule has 37 heavy (non-hydrogen) atoms. The van der Waals surface area contributed by atoms with E-state index in [1.165, 1.54) is 44.9 Å².